The van der Waals surface area contributed by atoms with Crippen LogP contribution in [0.2, 0.25) is 0 Å². The van der Waals surface area contributed by atoms with Gasteiger partial charge in [-0.25, -0.2) is 0 Å². The lowest BCUT2D eigenvalue weighted by Crippen LogP contribution is -2.37. The zero-order valence-corrected chi connectivity index (χ0v) is 14.3. The van der Waals surface area contributed by atoms with Gasteiger partial charge >= 0.3 is 0 Å². The van der Waals surface area contributed by atoms with Crippen molar-refractivity contribution in [1.29, 1.82) is 0 Å². The van der Waals surface area contributed by atoms with Gasteiger partial charge in [0.1, 0.15) is 0 Å². The number of rotatable bonds is 6. The molecule has 0 saturated heterocycles. The van der Waals surface area contributed by atoms with E-state index in [-0.39, 0.29) is 0 Å². The summed E-state index contributed by atoms with van der Waals surface area (Å²) in [6.07, 6.45) is 6.97. The molecule has 1 aromatic rings. The summed E-state index contributed by atoms with van der Waals surface area (Å²) in [6.45, 7) is 4.47. The van der Waals surface area contributed by atoms with E-state index in [4.69, 9.17) is 0 Å². The molecular formula is C17H27BrN2. The maximum absolute atomic E-state index is 3.50. The average molecular weight is 339 g/mol. The van der Waals surface area contributed by atoms with Crippen molar-refractivity contribution in [3.05, 3.63) is 28.7 Å². The van der Waals surface area contributed by atoms with Crippen LogP contribution in [0.25, 0.3) is 0 Å². The molecule has 1 aliphatic carbocycles. The molecule has 0 aliphatic heterocycles. The first-order chi connectivity index (χ1) is 9.69. The van der Waals surface area contributed by atoms with Gasteiger partial charge in [0, 0.05) is 29.3 Å². The van der Waals surface area contributed by atoms with Crippen LogP contribution < -0.4 is 5.32 Å². The lowest BCUT2D eigenvalue weighted by Gasteiger charge is -2.34. The molecule has 1 saturated carbocycles. The Balaban J connectivity index is 1.67. The van der Waals surface area contributed by atoms with Gasteiger partial charge in [-0.15, -0.1) is 0 Å². The van der Waals surface area contributed by atoms with Crippen LogP contribution >= 0.6 is 15.9 Å². The maximum atomic E-state index is 3.50. The Morgan fingerprint density at radius 2 is 1.80 bits per heavy atom. The van der Waals surface area contributed by atoms with Gasteiger partial charge in [-0.3, -0.25) is 0 Å². The van der Waals surface area contributed by atoms with Crippen LogP contribution in [0, 0.1) is 5.92 Å². The van der Waals surface area contributed by atoms with Crippen molar-refractivity contribution in [2.24, 2.45) is 5.92 Å². The third-order valence-corrected chi connectivity index (χ3v) is 5.18. The Kier molecular flexibility index (Phi) is 6.37. The lowest BCUT2D eigenvalue weighted by molar-refractivity contribution is 0.168. The summed E-state index contributed by atoms with van der Waals surface area (Å²) in [5.41, 5.74) is 1.20. The summed E-state index contributed by atoms with van der Waals surface area (Å²) in [7, 11) is 2.28. The van der Waals surface area contributed by atoms with Crippen molar-refractivity contribution in [3.63, 3.8) is 0 Å². The highest BCUT2D eigenvalue weighted by Gasteiger charge is 2.22. The predicted molar refractivity (Wildman–Crippen MR) is 91.3 cm³/mol. The number of hydrogen-bond acceptors (Lipinski definition) is 2. The molecule has 1 aliphatic rings. The molecule has 0 spiro atoms. The van der Waals surface area contributed by atoms with Gasteiger partial charge in [-0.2, -0.15) is 0 Å². The predicted octanol–water partition coefficient (Wildman–Crippen LogP) is 4.76. The summed E-state index contributed by atoms with van der Waals surface area (Å²) in [5, 5.41) is 3.50. The number of anilines is 1. The Hall–Kier alpha value is -0.540. The van der Waals surface area contributed by atoms with E-state index in [0.29, 0.717) is 0 Å². The topological polar surface area (TPSA) is 15.3 Å². The van der Waals surface area contributed by atoms with Crippen molar-refractivity contribution < 1.29 is 0 Å². The van der Waals surface area contributed by atoms with E-state index >= 15 is 0 Å². The fraction of sp³-hybridized carbons (Fsp3) is 0.647. The van der Waals surface area contributed by atoms with Crippen LogP contribution in [0.15, 0.2) is 28.7 Å². The third-order valence-electron chi connectivity index (χ3n) is 4.65. The van der Waals surface area contributed by atoms with E-state index in [1.807, 2.05) is 0 Å². The first kappa shape index (κ1) is 15.8. The van der Waals surface area contributed by atoms with Crippen LogP contribution in [-0.2, 0) is 0 Å². The van der Waals surface area contributed by atoms with Gasteiger partial charge in [0.05, 0.1) is 0 Å². The SMILES string of the molecule is CCC1CCC(N(C)CCNc2ccc(Br)cc2)CC1. The number of likely N-dealkylation sites (N-methyl/N-ethyl adjacent to an activating group) is 1. The molecule has 2 rings (SSSR count). The minimum atomic E-state index is 0.796. The standard InChI is InChI=1S/C17H27BrN2/c1-3-14-4-10-17(11-5-14)20(2)13-12-19-16-8-6-15(18)7-9-16/h6-9,14,17,19H,3-5,10-13H2,1-2H3. The highest BCUT2D eigenvalue weighted by molar-refractivity contribution is 9.10. The molecule has 112 valence electrons. The maximum Gasteiger partial charge on any atom is 0.0341 e. The van der Waals surface area contributed by atoms with Crippen molar-refractivity contribution in [1.82, 2.24) is 4.90 Å². The molecule has 1 N–H and O–H groups in total. The highest BCUT2D eigenvalue weighted by atomic mass is 79.9. The molecule has 3 heteroatoms. The van der Waals surface area contributed by atoms with Crippen LogP contribution in [0.5, 0.6) is 0 Å². The van der Waals surface area contributed by atoms with E-state index in [1.165, 1.54) is 37.8 Å². The Labute approximate surface area is 132 Å². The quantitative estimate of drug-likeness (QED) is 0.804. The molecule has 0 amide bonds. The smallest absolute Gasteiger partial charge is 0.0341 e. The first-order valence-corrected chi connectivity index (χ1v) is 8.68. The summed E-state index contributed by atoms with van der Waals surface area (Å²) < 4.78 is 1.13. The zero-order chi connectivity index (χ0) is 14.4. The van der Waals surface area contributed by atoms with Crippen molar-refractivity contribution >= 4 is 21.6 Å². The van der Waals surface area contributed by atoms with E-state index in [1.54, 1.807) is 0 Å². The van der Waals surface area contributed by atoms with E-state index in [0.717, 1.165) is 29.5 Å². The Morgan fingerprint density at radius 3 is 2.40 bits per heavy atom. The molecule has 1 fully saturated rings. The molecule has 0 aromatic heterocycles. The molecule has 0 bridgehead atoms. The van der Waals surface area contributed by atoms with Crippen molar-refractivity contribution in [3.8, 4) is 0 Å². The van der Waals surface area contributed by atoms with E-state index in [9.17, 15) is 0 Å². The van der Waals surface area contributed by atoms with Gasteiger partial charge in [-0.1, -0.05) is 29.3 Å². The van der Waals surface area contributed by atoms with E-state index < -0.39 is 0 Å². The molecule has 1 aromatic carbocycles. The van der Waals surface area contributed by atoms with Crippen molar-refractivity contribution in [2.45, 2.75) is 45.1 Å². The minimum absolute atomic E-state index is 0.796. The Morgan fingerprint density at radius 1 is 1.15 bits per heavy atom. The summed E-state index contributed by atoms with van der Waals surface area (Å²) in [6, 6.07) is 9.20. The first-order valence-electron chi connectivity index (χ1n) is 7.88. The van der Waals surface area contributed by atoms with Gasteiger partial charge in [-0.05, 0) is 62.9 Å². The normalized spacial score (nSPS) is 23.0. The number of hydrogen-bond donors (Lipinski definition) is 1. The van der Waals surface area contributed by atoms with Gasteiger partial charge in [0.2, 0.25) is 0 Å². The molecule has 20 heavy (non-hydrogen) atoms. The highest BCUT2D eigenvalue weighted by Crippen LogP contribution is 2.28. The number of benzene rings is 1. The Bertz CT molecular complexity index is 382. The second-order valence-corrected chi connectivity index (χ2v) is 6.91. The fourth-order valence-corrected chi connectivity index (χ4v) is 3.39. The largest absolute Gasteiger partial charge is 0.384 e. The second kappa shape index (κ2) is 8.04. The van der Waals surface area contributed by atoms with Gasteiger partial charge in [0.25, 0.3) is 0 Å². The molecule has 0 atom stereocenters. The van der Waals surface area contributed by atoms with E-state index in [2.05, 4.69) is 64.4 Å². The monoisotopic (exact) mass is 338 g/mol. The average Bonchev–Trinajstić information content (AvgIpc) is 2.49. The molecule has 0 radical (unpaired) electrons. The molecule has 0 unspecified atom stereocenters. The second-order valence-electron chi connectivity index (χ2n) is 6.00. The van der Waals surface area contributed by atoms with Gasteiger partial charge in [0.15, 0.2) is 0 Å². The molecule has 0 heterocycles. The minimum Gasteiger partial charge on any atom is -0.384 e. The summed E-state index contributed by atoms with van der Waals surface area (Å²) >= 11 is 3.46. The fourth-order valence-electron chi connectivity index (χ4n) is 3.12. The summed E-state index contributed by atoms with van der Waals surface area (Å²) in [4.78, 5) is 2.54. The molecule has 2 nitrogen and oxygen atoms in total. The third kappa shape index (κ3) is 4.78. The lowest BCUT2D eigenvalue weighted by atomic mass is 9.84. The van der Waals surface area contributed by atoms with Crippen molar-refractivity contribution in [2.75, 3.05) is 25.5 Å². The number of nitrogens with zero attached hydrogens (tertiary/aromatic N) is 1. The van der Waals surface area contributed by atoms with Gasteiger partial charge < -0.3 is 10.2 Å². The van der Waals surface area contributed by atoms with Crippen LogP contribution in [0.1, 0.15) is 39.0 Å². The van der Waals surface area contributed by atoms with Crippen LogP contribution in [-0.4, -0.2) is 31.1 Å². The van der Waals surface area contributed by atoms with Crippen LogP contribution in [0.4, 0.5) is 5.69 Å². The van der Waals surface area contributed by atoms with Crippen LogP contribution in [0.3, 0.4) is 0 Å². The number of nitrogens with one attached hydrogen (secondary N) is 1. The molecular weight excluding hydrogens is 312 g/mol. The number of halogens is 1. The zero-order valence-electron chi connectivity index (χ0n) is 12.7. The summed E-state index contributed by atoms with van der Waals surface area (Å²) in [5.74, 6) is 0.987.